The number of halogens is 1. The van der Waals surface area contributed by atoms with Crippen molar-refractivity contribution in [3.8, 4) is 0 Å². The van der Waals surface area contributed by atoms with Crippen LogP contribution in [0.4, 0.5) is 0 Å². The molecule has 1 aromatic carbocycles. The van der Waals surface area contributed by atoms with Gasteiger partial charge < -0.3 is 14.4 Å². The Hall–Kier alpha value is -1.10. The van der Waals surface area contributed by atoms with Crippen molar-refractivity contribution in [2.45, 2.75) is 50.2 Å². The summed E-state index contributed by atoms with van der Waals surface area (Å²) in [5.41, 5.74) is 0.969. The van der Waals surface area contributed by atoms with E-state index in [0.717, 1.165) is 62.4 Å². The van der Waals surface area contributed by atoms with Crippen LogP contribution in [-0.4, -0.2) is 49.3 Å². The minimum absolute atomic E-state index is 0.164. The second kappa shape index (κ2) is 7.85. The van der Waals surface area contributed by atoms with Crippen molar-refractivity contribution in [1.82, 2.24) is 4.90 Å². The number of benzene rings is 1. The van der Waals surface area contributed by atoms with Gasteiger partial charge in [-0.1, -0.05) is 23.7 Å². The molecule has 0 saturated carbocycles. The molecule has 1 aromatic rings. The number of methoxy groups -OCH3 is 1. The Balaban J connectivity index is 1.50. The minimum atomic E-state index is -0.181. The monoisotopic (exact) mass is 351 g/mol. The molecule has 4 nitrogen and oxygen atoms in total. The SMILES string of the molecule is CO[C@H]1CCCOC12CCN(C(=O)CCc1ccc(Cl)cc1)CC2. The third kappa shape index (κ3) is 3.93. The standard InChI is InChI=1S/C19H26ClNO3/c1-23-17-3-2-14-24-19(17)10-12-21(13-11-19)18(22)9-6-15-4-7-16(20)8-5-15/h4-5,7-8,17H,2-3,6,9-14H2,1H3/t17-/m0/s1. The first-order valence-corrected chi connectivity index (χ1v) is 9.20. The number of piperidine rings is 1. The van der Waals surface area contributed by atoms with E-state index in [4.69, 9.17) is 21.1 Å². The molecule has 132 valence electrons. The fraction of sp³-hybridized carbons (Fsp3) is 0.632. The van der Waals surface area contributed by atoms with Gasteiger partial charge in [0.2, 0.25) is 5.91 Å². The highest BCUT2D eigenvalue weighted by molar-refractivity contribution is 6.30. The molecule has 0 bridgehead atoms. The molecule has 1 atom stereocenters. The lowest BCUT2D eigenvalue weighted by Crippen LogP contribution is -2.56. The van der Waals surface area contributed by atoms with E-state index in [1.807, 2.05) is 29.2 Å². The average molecular weight is 352 g/mol. The van der Waals surface area contributed by atoms with Crippen LogP contribution >= 0.6 is 11.6 Å². The molecule has 1 spiro atoms. The van der Waals surface area contributed by atoms with Crippen molar-refractivity contribution < 1.29 is 14.3 Å². The molecule has 0 unspecified atom stereocenters. The number of nitrogens with zero attached hydrogens (tertiary/aromatic N) is 1. The molecule has 2 aliphatic rings. The number of carbonyl (C=O) groups excluding carboxylic acids is 1. The fourth-order valence-corrected chi connectivity index (χ4v) is 4.02. The third-order valence-electron chi connectivity index (χ3n) is 5.37. The van der Waals surface area contributed by atoms with Crippen molar-refractivity contribution in [2.75, 3.05) is 26.8 Å². The summed E-state index contributed by atoms with van der Waals surface area (Å²) in [5, 5.41) is 0.728. The molecule has 2 heterocycles. The van der Waals surface area contributed by atoms with Gasteiger partial charge in [-0.2, -0.15) is 0 Å². The van der Waals surface area contributed by atoms with Crippen LogP contribution in [0.2, 0.25) is 5.02 Å². The van der Waals surface area contributed by atoms with E-state index in [2.05, 4.69) is 0 Å². The van der Waals surface area contributed by atoms with Crippen LogP contribution < -0.4 is 0 Å². The molecule has 2 aliphatic heterocycles. The number of ether oxygens (including phenoxy) is 2. The van der Waals surface area contributed by atoms with Crippen molar-refractivity contribution in [3.63, 3.8) is 0 Å². The Kier molecular flexibility index (Phi) is 5.80. The van der Waals surface area contributed by atoms with Gasteiger partial charge in [-0.3, -0.25) is 4.79 Å². The lowest BCUT2D eigenvalue weighted by Gasteiger charge is -2.48. The Labute approximate surface area is 149 Å². The van der Waals surface area contributed by atoms with Gasteiger partial charge >= 0.3 is 0 Å². The summed E-state index contributed by atoms with van der Waals surface area (Å²) in [7, 11) is 1.77. The van der Waals surface area contributed by atoms with E-state index in [1.165, 1.54) is 0 Å². The maximum atomic E-state index is 12.5. The van der Waals surface area contributed by atoms with Crippen LogP contribution in [0.25, 0.3) is 0 Å². The number of aryl methyl sites for hydroxylation is 1. The van der Waals surface area contributed by atoms with Gasteiger partial charge in [0, 0.05) is 38.2 Å². The predicted molar refractivity (Wildman–Crippen MR) is 94.3 cm³/mol. The van der Waals surface area contributed by atoms with Crippen LogP contribution in [0.5, 0.6) is 0 Å². The first-order chi connectivity index (χ1) is 11.6. The summed E-state index contributed by atoms with van der Waals surface area (Å²) in [6.45, 7) is 2.34. The van der Waals surface area contributed by atoms with Gasteiger partial charge in [-0.05, 0) is 49.8 Å². The Bertz CT molecular complexity index is 552. The molecule has 0 aliphatic carbocycles. The highest BCUT2D eigenvalue weighted by atomic mass is 35.5. The van der Waals surface area contributed by atoms with Crippen molar-refractivity contribution in [3.05, 3.63) is 34.9 Å². The second-order valence-corrected chi connectivity index (χ2v) is 7.22. The molecular formula is C19H26ClNO3. The lowest BCUT2D eigenvalue weighted by atomic mass is 9.81. The van der Waals surface area contributed by atoms with Crippen LogP contribution in [0, 0.1) is 0 Å². The topological polar surface area (TPSA) is 38.8 Å². The number of carbonyl (C=O) groups is 1. The average Bonchev–Trinajstić information content (AvgIpc) is 2.62. The smallest absolute Gasteiger partial charge is 0.222 e. The van der Waals surface area contributed by atoms with Crippen LogP contribution in [-0.2, 0) is 20.7 Å². The van der Waals surface area contributed by atoms with Crippen molar-refractivity contribution >= 4 is 17.5 Å². The van der Waals surface area contributed by atoms with Crippen molar-refractivity contribution in [1.29, 1.82) is 0 Å². The molecule has 24 heavy (non-hydrogen) atoms. The van der Waals surface area contributed by atoms with Gasteiger partial charge in [-0.15, -0.1) is 0 Å². The Morgan fingerprint density at radius 2 is 2.04 bits per heavy atom. The number of hydrogen-bond donors (Lipinski definition) is 0. The largest absolute Gasteiger partial charge is 0.378 e. The van der Waals surface area contributed by atoms with E-state index in [9.17, 15) is 4.79 Å². The predicted octanol–water partition coefficient (Wildman–Crippen LogP) is 3.46. The molecule has 1 amide bonds. The zero-order chi connectivity index (χ0) is 17.0. The van der Waals surface area contributed by atoms with Gasteiger partial charge in [0.05, 0.1) is 11.7 Å². The summed E-state index contributed by atoms with van der Waals surface area (Å²) in [6, 6.07) is 7.72. The zero-order valence-electron chi connectivity index (χ0n) is 14.3. The first-order valence-electron chi connectivity index (χ1n) is 8.82. The lowest BCUT2D eigenvalue weighted by molar-refractivity contribution is -0.188. The molecule has 5 heteroatoms. The quantitative estimate of drug-likeness (QED) is 0.833. The van der Waals surface area contributed by atoms with Gasteiger partial charge in [0.25, 0.3) is 0 Å². The molecule has 2 saturated heterocycles. The van der Waals surface area contributed by atoms with E-state index in [1.54, 1.807) is 7.11 Å². The summed E-state index contributed by atoms with van der Waals surface area (Å²) < 4.78 is 11.8. The molecule has 3 rings (SSSR count). The summed E-state index contributed by atoms with van der Waals surface area (Å²) in [5.74, 6) is 0.226. The van der Waals surface area contributed by atoms with Crippen LogP contribution in [0.1, 0.15) is 37.7 Å². The molecule has 0 aromatic heterocycles. The Morgan fingerprint density at radius 1 is 1.33 bits per heavy atom. The third-order valence-corrected chi connectivity index (χ3v) is 5.63. The molecule has 0 radical (unpaired) electrons. The highest BCUT2D eigenvalue weighted by Crippen LogP contribution is 2.36. The van der Waals surface area contributed by atoms with Gasteiger partial charge in [-0.25, -0.2) is 0 Å². The molecule has 0 N–H and O–H groups in total. The number of hydrogen-bond acceptors (Lipinski definition) is 3. The maximum absolute atomic E-state index is 12.5. The van der Waals surface area contributed by atoms with Crippen molar-refractivity contribution in [2.24, 2.45) is 0 Å². The number of likely N-dealkylation sites (tertiary alicyclic amines) is 1. The van der Waals surface area contributed by atoms with Gasteiger partial charge in [0.15, 0.2) is 0 Å². The summed E-state index contributed by atoms with van der Waals surface area (Å²) >= 11 is 5.89. The van der Waals surface area contributed by atoms with E-state index in [0.29, 0.717) is 6.42 Å². The van der Waals surface area contributed by atoms with E-state index in [-0.39, 0.29) is 17.6 Å². The van der Waals surface area contributed by atoms with Gasteiger partial charge in [0.1, 0.15) is 0 Å². The zero-order valence-corrected chi connectivity index (χ0v) is 15.1. The summed E-state index contributed by atoms with van der Waals surface area (Å²) in [4.78, 5) is 14.5. The van der Waals surface area contributed by atoms with E-state index < -0.39 is 0 Å². The fourth-order valence-electron chi connectivity index (χ4n) is 3.89. The summed E-state index contributed by atoms with van der Waals surface area (Å²) in [6.07, 6.45) is 5.33. The van der Waals surface area contributed by atoms with Crippen LogP contribution in [0.15, 0.2) is 24.3 Å². The van der Waals surface area contributed by atoms with Crippen LogP contribution in [0.3, 0.4) is 0 Å². The first kappa shape index (κ1) is 17.7. The second-order valence-electron chi connectivity index (χ2n) is 6.79. The Morgan fingerprint density at radius 3 is 2.71 bits per heavy atom. The van der Waals surface area contributed by atoms with E-state index >= 15 is 0 Å². The minimum Gasteiger partial charge on any atom is -0.378 e. The molecular weight excluding hydrogens is 326 g/mol. The molecule has 2 fully saturated rings. The maximum Gasteiger partial charge on any atom is 0.222 e. The highest BCUT2D eigenvalue weighted by Gasteiger charge is 2.45. The normalized spacial score (nSPS) is 23.4. The number of rotatable bonds is 4. The number of amides is 1.